The Morgan fingerprint density at radius 1 is 1.29 bits per heavy atom. The molecule has 0 fully saturated rings. The Balaban J connectivity index is 2.91. The second kappa shape index (κ2) is 3.80. The summed E-state index contributed by atoms with van der Waals surface area (Å²) in [5.41, 5.74) is -2.29. The van der Waals surface area contributed by atoms with Crippen molar-refractivity contribution in [1.82, 2.24) is 0 Å². The molecule has 0 aliphatic heterocycles. The highest BCUT2D eigenvalue weighted by Gasteiger charge is 2.34. The Kier molecular flexibility index (Phi) is 2.57. The van der Waals surface area contributed by atoms with E-state index in [1.54, 1.807) is 0 Å². The number of para-hydroxylation sites is 1. The third kappa shape index (κ3) is 1.98. The van der Waals surface area contributed by atoms with Crippen molar-refractivity contribution in [2.24, 2.45) is 0 Å². The van der Waals surface area contributed by atoms with Gasteiger partial charge in [-0.1, -0.05) is 12.1 Å². The third-order valence-corrected chi connectivity index (χ3v) is 2.26. The largest absolute Gasteiger partial charge is 0.493 e. The van der Waals surface area contributed by atoms with Crippen LogP contribution in [-0.2, 0) is 6.18 Å². The smallest absolute Gasteiger partial charge is 0.417 e. The lowest BCUT2D eigenvalue weighted by molar-refractivity contribution is -0.136. The molecule has 17 heavy (non-hydrogen) atoms. The Bertz CT molecular complexity index is 613. The van der Waals surface area contributed by atoms with E-state index in [9.17, 15) is 18.0 Å². The summed E-state index contributed by atoms with van der Waals surface area (Å²) in [6, 6.07) is 4.48. The second-order valence-corrected chi connectivity index (χ2v) is 3.31. The second-order valence-electron chi connectivity index (χ2n) is 3.31. The quantitative estimate of drug-likeness (QED) is 0.724. The van der Waals surface area contributed by atoms with E-state index >= 15 is 0 Å². The molecule has 0 atom stereocenters. The normalized spacial score (nSPS) is 11.8. The van der Waals surface area contributed by atoms with E-state index in [0.29, 0.717) is 6.07 Å². The van der Waals surface area contributed by atoms with Crippen molar-refractivity contribution < 1.29 is 22.3 Å². The van der Waals surface area contributed by atoms with Gasteiger partial charge >= 0.3 is 11.8 Å². The van der Waals surface area contributed by atoms with Crippen LogP contribution in [0.1, 0.15) is 5.56 Å². The molecular formula is C11H7F3O3. The highest BCUT2D eigenvalue weighted by molar-refractivity contribution is 5.85. The van der Waals surface area contributed by atoms with Crippen molar-refractivity contribution in [2.75, 3.05) is 7.11 Å². The standard InChI is InChI=1S/C11H7F3O3/c1-16-8-4-2-3-6-7(11(12,13)14)5-9(15)17-10(6)8/h2-5H,1H3. The zero-order valence-electron chi connectivity index (χ0n) is 8.67. The first kappa shape index (κ1) is 11.5. The predicted molar refractivity (Wildman–Crippen MR) is 54.0 cm³/mol. The molecule has 0 aliphatic rings. The van der Waals surface area contributed by atoms with Gasteiger partial charge in [0.2, 0.25) is 0 Å². The van der Waals surface area contributed by atoms with Crippen LogP contribution in [0.25, 0.3) is 11.0 Å². The van der Waals surface area contributed by atoms with Gasteiger partial charge in [0.15, 0.2) is 11.3 Å². The summed E-state index contributed by atoms with van der Waals surface area (Å²) in [6.45, 7) is 0. The molecule has 2 aromatic rings. The van der Waals surface area contributed by atoms with E-state index in [-0.39, 0.29) is 16.7 Å². The van der Waals surface area contributed by atoms with Gasteiger partial charge in [-0.25, -0.2) is 4.79 Å². The Morgan fingerprint density at radius 2 is 2.00 bits per heavy atom. The first-order chi connectivity index (χ1) is 7.93. The molecule has 0 aliphatic carbocycles. The van der Waals surface area contributed by atoms with Gasteiger partial charge in [0.05, 0.1) is 12.7 Å². The summed E-state index contributed by atoms with van der Waals surface area (Å²) in [5, 5.41) is -0.198. The summed E-state index contributed by atoms with van der Waals surface area (Å²) in [4.78, 5) is 11.1. The summed E-state index contributed by atoms with van der Waals surface area (Å²) in [7, 11) is 1.29. The fourth-order valence-electron chi connectivity index (χ4n) is 1.55. The number of halogens is 3. The molecule has 0 spiro atoms. The zero-order chi connectivity index (χ0) is 12.6. The fraction of sp³-hybridized carbons (Fsp3) is 0.182. The molecule has 0 amide bonds. The molecule has 0 saturated carbocycles. The van der Waals surface area contributed by atoms with E-state index in [0.717, 1.165) is 0 Å². The number of fused-ring (bicyclic) bond motifs is 1. The van der Waals surface area contributed by atoms with Gasteiger partial charge in [0.1, 0.15) is 0 Å². The average molecular weight is 244 g/mol. The van der Waals surface area contributed by atoms with E-state index in [2.05, 4.69) is 0 Å². The van der Waals surface area contributed by atoms with Crippen molar-refractivity contribution in [2.45, 2.75) is 6.18 Å². The molecule has 3 nitrogen and oxygen atoms in total. The topological polar surface area (TPSA) is 39.4 Å². The van der Waals surface area contributed by atoms with Crippen molar-refractivity contribution in [1.29, 1.82) is 0 Å². The molecule has 0 saturated heterocycles. The molecule has 1 aromatic heterocycles. The summed E-state index contributed by atoms with van der Waals surface area (Å²) >= 11 is 0. The Morgan fingerprint density at radius 3 is 2.59 bits per heavy atom. The Hall–Kier alpha value is -1.98. The molecule has 90 valence electrons. The molecular weight excluding hydrogens is 237 g/mol. The monoisotopic (exact) mass is 244 g/mol. The minimum absolute atomic E-state index is 0.0886. The van der Waals surface area contributed by atoms with Gasteiger partial charge in [-0.05, 0) is 6.07 Å². The minimum atomic E-state index is -4.61. The SMILES string of the molecule is COc1cccc2c(C(F)(F)F)cc(=O)oc12. The highest BCUT2D eigenvalue weighted by Crippen LogP contribution is 2.36. The number of rotatable bonds is 1. The molecule has 2 rings (SSSR count). The Labute approximate surface area is 93.4 Å². The van der Waals surface area contributed by atoms with Crippen LogP contribution in [0.15, 0.2) is 33.5 Å². The maximum Gasteiger partial charge on any atom is 0.417 e. The lowest BCUT2D eigenvalue weighted by atomic mass is 10.1. The van der Waals surface area contributed by atoms with Crippen LogP contribution >= 0.6 is 0 Å². The van der Waals surface area contributed by atoms with Gasteiger partial charge in [0, 0.05) is 11.5 Å². The van der Waals surface area contributed by atoms with Gasteiger partial charge < -0.3 is 9.15 Å². The van der Waals surface area contributed by atoms with Crippen LogP contribution in [-0.4, -0.2) is 7.11 Å². The van der Waals surface area contributed by atoms with E-state index in [1.165, 1.54) is 25.3 Å². The van der Waals surface area contributed by atoms with Gasteiger partial charge in [-0.15, -0.1) is 0 Å². The van der Waals surface area contributed by atoms with Gasteiger partial charge in [-0.3, -0.25) is 0 Å². The number of methoxy groups -OCH3 is 1. The highest BCUT2D eigenvalue weighted by atomic mass is 19.4. The minimum Gasteiger partial charge on any atom is -0.493 e. The van der Waals surface area contributed by atoms with Crippen molar-refractivity contribution >= 4 is 11.0 Å². The number of hydrogen-bond acceptors (Lipinski definition) is 3. The first-order valence-corrected chi connectivity index (χ1v) is 4.61. The van der Waals surface area contributed by atoms with Crippen LogP contribution < -0.4 is 10.4 Å². The molecule has 0 bridgehead atoms. The maximum absolute atomic E-state index is 12.7. The summed E-state index contributed by atoms with van der Waals surface area (Å²) < 4.78 is 47.7. The molecule has 6 heteroatoms. The van der Waals surface area contributed by atoms with Crippen molar-refractivity contribution in [3.8, 4) is 5.75 Å². The fourth-order valence-corrected chi connectivity index (χ4v) is 1.55. The van der Waals surface area contributed by atoms with E-state index in [1.807, 2.05) is 0 Å². The van der Waals surface area contributed by atoms with Gasteiger partial charge in [0.25, 0.3) is 0 Å². The average Bonchev–Trinajstić information content (AvgIpc) is 2.26. The maximum atomic E-state index is 12.7. The number of alkyl halides is 3. The molecule has 1 aromatic carbocycles. The molecule has 0 unspecified atom stereocenters. The van der Waals surface area contributed by atoms with Crippen molar-refractivity contribution in [3.05, 3.63) is 40.2 Å². The third-order valence-electron chi connectivity index (χ3n) is 2.26. The van der Waals surface area contributed by atoms with Gasteiger partial charge in [-0.2, -0.15) is 13.2 Å². The number of benzene rings is 1. The van der Waals surface area contributed by atoms with Crippen molar-refractivity contribution in [3.63, 3.8) is 0 Å². The first-order valence-electron chi connectivity index (χ1n) is 4.61. The van der Waals surface area contributed by atoms with Crippen LogP contribution in [0.5, 0.6) is 5.75 Å². The van der Waals surface area contributed by atoms with Crippen LogP contribution in [0.4, 0.5) is 13.2 Å². The summed E-state index contributed by atoms with van der Waals surface area (Å²) in [5.74, 6) is 0.0886. The lowest BCUT2D eigenvalue weighted by Crippen LogP contribution is -2.11. The molecule has 0 N–H and O–H groups in total. The zero-order valence-corrected chi connectivity index (χ0v) is 8.67. The number of ether oxygens (including phenoxy) is 1. The van der Waals surface area contributed by atoms with Crippen LogP contribution in [0, 0.1) is 0 Å². The molecule has 0 radical (unpaired) electrons. The predicted octanol–water partition coefficient (Wildman–Crippen LogP) is 2.82. The lowest BCUT2D eigenvalue weighted by Gasteiger charge is -2.10. The summed E-state index contributed by atoms with van der Waals surface area (Å²) in [6.07, 6.45) is -4.61. The van der Waals surface area contributed by atoms with Crippen LogP contribution in [0.2, 0.25) is 0 Å². The van der Waals surface area contributed by atoms with Crippen LogP contribution in [0.3, 0.4) is 0 Å². The number of hydrogen-bond donors (Lipinski definition) is 0. The van der Waals surface area contributed by atoms with E-state index < -0.39 is 17.4 Å². The van der Waals surface area contributed by atoms with E-state index in [4.69, 9.17) is 9.15 Å². The molecule has 1 heterocycles.